The smallest absolute Gasteiger partial charge is 0.379 e. The molecule has 1 saturated heterocycles. The second kappa shape index (κ2) is 8.21. The minimum atomic E-state index is -4.53. The Bertz CT molecular complexity index is 1080. The van der Waals surface area contributed by atoms with Gasteiger partial charge in [0.1, 0.15) is 6.33 Å². The molecule has 0 unspecified atom stereocenters. The van der Waals surface area contributed by atoms with E-state index in [9.17, 15) is 18.0 Å². The number of anilines is 3. The molecule has 0 aliphatic carbocycles. The van der Waals surface area contributed by atoms with Crippen LogP contribution in [-0.2, 0) is 6.18 Å². The van der Waals surface area contributed by atoms with Crippen molar-refractivity contribution in [3.05, 3.63) is 72.1 Å². The quantitative estimate of drug-likeness (QED) is 0.644. The van der Waals surface area contributed by atoms with Gasteiger partial charge in [-0.15, -0.1) is 0 Å². The Hall–Kier alpha value is -3.69. The predicted molar refractivity (Wildman–Crippen MR) is 110 cm³/mol. The van der Waals surface area contributed by atoms with Crippen LogP contribution in [0.25, 0.3) is 0 Å². The van der Waals surface area contributed by atoms with Crippen molar-refractivity contribution in [2.75, 3.05) is 28.6 Å². The van der Waals surface area contributed by atoms with E-state index in [1.54, 1.807) is 30.6 Å². The third-order valence-corrected chi connectivity index (χ3v) is 4.98. The largest absolute Gasteiger partial charge is 0.417 e. The lowest BCUT2D eigenvalue weighted by Crippen LogP contribution is -2.55. The van der Waals surface area contributed by atoms with Crippen LogP contribution in [-0.4, -0.2) is 40.0 Å². The molecule has 3 heterocycles. The normalized spacial score (nSPS) is 14.1. The fraction of sp³-hybridized carbons (Fsp3) is 0.238. The van der Waals surface area contributed by atoms with Crippen molar-refractivity contribution in [2.24, 2.45) is 0 Å². The summed E-state index contributed by atoms with van der Waals surface area (Å²) in [6.07, 6.45) is 2.35. The van der Waals surface area contributed by atoms with Gasteiger partial charge < -0.3 is 15.5 Å². The van der Waals surface area contributed by atoms with Crippen molar-refractivity contribution < 1.29 is 18.0 Å². The van der Waals surface area contributed by atoms with Gasteiger partial charge in [0.15, 0.2) is 0 Å². The van der Waals surface area contributed by atoms with Crippen molar-refractivity contribution in [3.8, 4) is 0 Å². The molecule has 0 radical (unpaired) electrons. The Labute approximate surface area is 176 Å². The van der Waals surface area contributed by atoms with Crippen LogP contribution in [0.5, 0.6) is 0 Å². The van der Waals surface area contributed by atoms with Crippen LogP contribution in [0.2, 0.25) is 0 Å². The Kier molecular flexibility index (Phi) is 5.45. The maximum Gasteiger partial charge on any atom is 0.417 e. The van der Waals surface area contributed by atoms with Gasteiger partial charge in [-0.1, -0.05) is 6.07 Å². The van der Waals surface area contributed by atoms with Gasteiger partial charge in [-0.3, -0.25) is 9.78 Å². The third kappa shape index (κ3) is 4.73. The van der Waals surface area contributed by atoms with Crippen molar-refractivity contribution in [3.63, 3.8) is 0 Å². The molecule has 0 bridgehead atoms. The Morgan fingerprint density at radius 3 is 2.52 bits per heavy atom. The molecular formula is C21H19F3N6O. The molecule has 1 aliphatic heterocycles. The van der Waals surface area contributed by atoms with Crippen molar-refractivity contribution in [1.82, 2.24) is 15.0 Å². The minimum absolute atomic E-state index is 0.0189. The summed E-state index contributed by atoms with van der Waals surface area (Å²) in [7, 11) is 0. The number of aromatic nitrogens is 3. The zero-order valence-electron chi connectivity index (χ0n) is 16.5. The molecule has 1 aliphatic rings. The van der Waals surface area contributed by atoms with Crippen LogP contribution in [0.1, 0.15) is 21.5 Å². The SMILES string of the molecule is Cc1ccc(C(=O)Nc2cncc(C(F)(F)F)c2)cc1NC1CN(c2cncnc2)C1. The highest BCUT2D eigenvalue weighted by Gasteiger charge is 2.31. The first kappa shape index (κ1) is 20.6. The van der Waals surface area contributed by atoms with E-state index >= 15 is 0 Å². The van der Waals surface area contributed by atoms with E-state index in [1.807, 2.05) is 6.92 Å². The van der Waals surface area contributed by atoms with Crippen LogP contribution in [0.4, 0.5) is 30.2 Å². The number of carbonyl (C=O) groups excluding carboxylic acids is 1. The summed E-state index contributed by atoms with van der Waals surface area (Å²) < 4.78 is 38.6. The van der Waals surface area contributed by atoms with E-state index in [0.717, 1.165) is 36.1 Å². The first-order valence-electron chi connectivity index (χ1n) is 9.50. The molecule has 0 saturated carbocycles. The van der Waals surface area contributed by atoms with E-state index < -0.39 is 17.6 Å². The molecule has 160 valence electrons. The number of pyridine rings is 1. The van der Waals surface area contributed by atoms with Gasteiger partial charge in [-0.05, 0) is 30.7 Å². The third-order valence-electron chi connectivity index (χ3n) is 4.98. The molecule has 1 fully saturated rings. The Morgan fingerprint density at radius 1 is 1.06 bits per heavy atom. The van der Waals surface area contributed by atoms with Gasteiger partial charge in [0.05, 0.1) is 41.6 Å². The van der Waals surface area contributed by atoms with E-state index in [2.05, 4.69) is 30.5 Å². The van der Waals surface area contributed by atoms with Crippen LogP contribution in [0.3, 0.4) is 0 Å². The van der Waals surface area contributed by atoms with Crippen molar-refractivity contribution >= 4 is 23.0 Å². The maximum atomic E-state index is 12.9. The number of alkyl halides is 3. The monoisotopic (exact) mass is 428 g/mol. The number of nitrogens with one attached hydrogen (secondary N) is 2. The highest BCUT2D eigenvalue weighted by molar-refractivity contribution is 6.04. The number of hydrogen-bond donors (Lipinski definition) is 2. The fourth-order valence-corrected chi connectivity index (χ4v) is 3.24. The summed E-state index contributed by atoms with van der Waals surface area (Å²) in [5.74, 6) is -0.513. The molecule has 2 N–H and O–H groups in total. The number of nitrogens with zero attached hydrogens (tertiary/aromatic N) is 4. The Balaban J connectivity index is 1.41. The molecule has 1 aromatic carbocycles. The summed E-state index contributed by atoms with van der Waals surface area (Å²) >= 11 is 0. The number of rotatable bonds is 5. The van der Waals surface area contributed by atoms with Crippen LogP contribution >= 0.6 is 0 Å². The van der Waals surface area contributed by atoms with Crippen molar-refractivity contribution in [2.45, 2.75) is 19.1 Å². The predicted octanol–water partition coefficient (Wildman–Crippen LogP) is 3.75. The average Bonchev–Trinajstić information content (AvgIpc) is 2.71. The molecule has 1 amide bonds. The van der Waals surface area contributed by atoms with Crippen molar-refractivity contribution in [1.29, 1.82) is 0 Å². The minimum Gasteiger partial charge on any atom is -0.379 e. The van der Waals surface area contributed by atoms with E-state index in [1.165, 1.54) is 12.5 Å². The van der Waals surface area contributed by atoms with Gasteiger partial charge in [0.25, 0.3) is 5.91 Å². The summed E-state index contributed by atoms with van der Waals surface area (Å²) in [5, 5.41) is 5.89. The number of benzene rings is 1. The first-order valence-corrected chi connectivity index (χ1v) is 9.50. The zero-order chi connectivity index (χ0) is 22.0. The molecule has 2 aromatic heterocycles. The second-order valence-corrected chi connectivity index (χ2v) is 7.29. The van der Waals surface area contributed by atoms with Crippen LogP contribution < -0.4 is 15.5 Å². The van der Waals surface area contributed by atoms with E-state index in [4.69, 9.17) is 0 Å². The highest BCUT2D eigenvalue weighted by Crippen LogP contribution is 2.30. The van der Waals surface area contributed by atoms with E-state index in [-0.39, 0.29) is 11.7 Å². The van der Waals surface area contributed by atoms with Gasteiger partial charge in [0.2, 0.25) is 0 Å². The molecular weight excluding hydrogens is 409 g/mol. The molecule has 4 rings (SSSR count). The lowest BCUT2D eigenvalue weighted by molar-refractivity contribution is -0.137. The van der Waals surface area contributed by atoms with Gasteiger partial charge in [-0.2, -0.15) is 13.2 Å². The standard InChI is InChI=1S/C21H19F3N6O/c1-13-2-3-14(20(31)29-16-5-15(6-25-7-16)21(22,23)24)4-19(13)28-17-10-30(11-17)18-8-26-12-27-9-18/h2-9,12,17,28H,10-11H2,1H3,(H,29,31). The van der Waals surface area contributed by atoms with Gasteiger partial charge in [0, 0.05) is 30.5 Å². The topological polar surface area (TPSA) is 83.0 Å². The molecule has 0 spiro atoms. The number of aryl methyl sites for hydroxylation is 1. The number of halogens is 3. The van der Waals surface area contributed by atoms with Gasteiger partial charge >= 0.3 is 6.18 Å². The molecule has 10 heteroatoms. The summed E-state index contributed by atoms with van der Waals surface area (Å²) in [6.45, 7) is 3.44. The lowest BCUT2D eigenvalue weighted by Gasteiger charge is -2.41. The van der Waals surface area contributed by atoms with Crippen LogP contribution in [0.15, 0.2) is 55.4 Å². The summed E-state index contributed by atoms with van der Waals surface area (Å²) in [4.78, 5) is 26.3. The molecule has 3 aromatic rings. The molecule has 31 heavy (non-hydrogen) atoms. The van der Waals surface area contributed by atoms with Crippen LogP contribution in [0, 0.1) is 6.92 Å². The number of hydrogen-bond acceptors (Lipinski definition) is 6. The summed E-state index contributed by atoms with van der Waals surface area (Å²) in [5.41, 5.74) is 2.09. The average molecular weight is 428 g/mol. The molecule has 0 atom stereocenters. The number of amides is 1. The Morgan fingerprint density at radius 2 is 1.81 bits per heavy atom. The molecule has 7 nitrogen and oxygen atoms in total. The first-order chi connectivity index (χ1) is 14.8. The summed E-state index contributed by atoms with van der Waals surface area (Å²) in [6, 6.07) is 6.16. The van der Waals surface area contributed by atoms with E-state index in [0.29, 0.717) is 11.8 Å². The number of carbonyl (C=O) groups is 1. The fourth-order valence-electron chi connectivity index (χ4n) is 3.24. The van der Waals surface area contributed by atoms with Gasteiger partial charge in [-0.25, -0.2) is 9.97 Å². The second-order valence-electron chi connectivity index (χ2n) is 7.29. The maximum absolute atomic E-state index is 12.9. The zero-order valence-corrected chi connectivity index (χ0v) is 16.5. The lowest BCUT2D eigenvalue weighted by atomic mass is 10.0. The highest BCUT2D eigenvalue weighted by atomic mass is 19.4.